The third-order valence-electron chi connectivity index (χ3n) is 4.19. The summed E-state index contributed by atoms with van der Waals surface area (Å²) in [6.07, 6.45) is 1.47. The lowest BCUT2D eigenvalue weighted by Crippen LogP contribution is -2.43. The van der Waals surface area contributed by atoms with Gasteiger partial charge in [0.05, 0.1) is 12.5 Å². The monoisotopic (exact) mass is 350 g/mol. The Labute approximate surface area is 151 Å². The first kappa shape index (κ1) is 21.6. The van der Waals surface area contributed by atoms with Crippen LogP contribution in [-0.2, 0) is 16.0 Å². The average molecular weight is 351 g/mol. The van der Waals surface area contributed by atoms with Gasteiger partial charge in [0.15, 0.2) is 0 Å². The smallest absolute Gasteiger partial charge is 0.311 e. The average Bonchev–Trinajstić information content (AvgIpc) is 2.53. The van der Waals surface area contributed by atoms with Crippen molar-refractivity contribution in [2.24, 2.45) is 17.6 Å². The van der Waals surface area contributed by atoms with E-state index in [1.54, 1.807) is 0 Å². The van der Waals surface area contributed by atoms with Crippen molar-refractivity contribution in [2.45, 2.75) is 52.2 Å². The predicted molar refractivity (Wildman–Crippen MR) is 101 cm³/mol. The summed E-state index contributed by atoms with van der Waals surface area (Å²) in [6, 6.07) is 9.90. The van der Waals surface area contributed by atoms with Gasteiger partial charge in [-0.15, -0.1) is 0 Å². The van der Waals surface area contributed by atoms with Crippen molar-refractivity contribution in [1.29, 1.82) is 0 Å². The maximum atomic E-state index is 12.6. The molecule has 1 aromatic rings. The lowest BCUT2D eigenvalue weighted by molar-refractivity contribution is -0.161. The van der Waals surface area contributed by atoms with Gasteiger partial charge in [-0.2, -0.15) is 0 Å². The van der Waals surface area contributed by atoms with E-state index in [4.69, 9.17) is 10.5 Å². The number of nitrogens with two attached hydrogens (primary N) is 1. The molecule has 5 nitrogen and oxygen atoms in total. The molecule has 0 aliphatic carbocycles. The van der Waals surface area contributed by atoms with Crippen LogP contribution in [0.15, 0.2) is 30.3 Å². The molecule has 4 N–H and O–H groups in total. The van der Waals surface area contributed by atoms with E-state index in [2.05, 4.69) is 5.32 Å². The summed E-state index contributed by atoms with van der Waals surface area (Å²) < 4.78 is 5.57. The Bertz CT molecular complexity index is 499. The van der Waals surface area contributed by atoms with Crippen molar-refractivity contribution in [3.05, 3.63) is 35.9 Å². The molecular weight excluding hydrogens is 316 g/mol. The molecule has 0 heterocycles. The van der Waals surface area contributed by atoms with Crippen molar-refractivity contribution in [3.8, 4) is 0 Å². The zero-order valence-electron chi connectivity index (χ0n) is 16.0. The van der Waals surface area contributed by atoms with E-state index in [0.29, 0.717) is 19.5 Å². The van der Waals surface area contributed by atoms with Crippen molar-refractivity contribution in [3.63, 3.8) is 0 Å². The van der Waals surface area contributed by atoms with Crippen LogP contribution >= 0.6 is 0 Å². The Kier molecular flexibility index (Phi) is 9.11. The van der Waals surface area contributed by atoms with Crippen LogP contribution in [0.4, 0.5) is 0 Å². The van der Waals surface area contributed by atoms with Gasteiger partial charge in [-0.25, -0.2) is 0 Å². The molecule has 0 saturated carbocycles. The Balaban J connectivity index is 2.70. The summed E-state index contributed by atoms with van der Waals surface area (Å²) >= 11 is 0. The van der Waals surface area contributed by atoms with Gasteiger partial charge >= 0.3 is 5.97 Å². The minimum absolute atomic E-state index is 0.0151. The van der Waals surface area contributed by atoms with E-state index < -0.39 is 5.60 Å². The fourth-order valence-corrected chi connectivity index (χ4v) is 2.75. The van der Waals surface area contributed by atoms with Crippen molar-refractivity contribution >= 4 is 5.97 Å². The molecule has 5 heteroatoms. The SMILES string of the molecule is CC(CCN)C(CNC(CO)Cc1ccccc1)C(=O)OC(C)(C)C. The second-order valence-electron chi connectivity index (χ2n) is 7.67. The summed E-state index contributed by atoms with van der Waals surface area (Å²) in [5.41, 5.74) is 6.30. The number of rotatable bonds is 10. The molecular formula is C20H34N2O3. The number of esters is 1. The highest BCUT2D eigenvalue weighted by Crippen LogP contribution is 2.20. The van der Waals surface area contributed by atoms with E-state index in [9.17, 15) is 9.90 Å². The minimum atomic E-state index is -0.516. The second-order valence-corrected chi connectivity index (χ2v) is 7.67. The molecule has 1 rings (SSSR count). The maximum Gasteiger partial charge on any atom is 0.311 e. The van der Waals surface area contributed by atoms with Gasteiger partial charge in [-0.3, -0.25) is 4.79 Å². The van der Waals surface area contributed by atoms with Crippen LogP contribution in [0.1, 0.15) is 39.7 Å². The molecule has 25 heavy (non-hydrogen) atoms. The van der Waals surface area contributed by atoms with Crippen molar-refractivity contribution in [1.82, 2.24) is 5.32 Å². The Hall–Kier alpha value is -1.43. The molecule has 0 spiro atoms. The molecule has 0 saturated heterocycles. The Morgan fingerprint density at radius 2 is 1.92 bits per heavy atom. The van der Waals surface area contributed by atoms with Crippen LogP contribution in [0.2, 0.25) is 0 Å². The number of aliphatic hydroxyl groups is 1. The van der Waals surface area contributed by atoms with Crippen LogP contribution in [0.3, 0.4) is 0 Å². The molecule has 0 aliphatic heterocycles. The minimum Gasteiger partial charge on any atom is -0.460 e. The molecule has 3 atom stereocenters. The lowest BCUT2D eigenvalue weighted by Gasteiger charge is -2.29. The van der Waals surface area contributed by atoms with Crippen molar-refractivity contribution < 1.29 is 14.6 Å². The standard InChI is InChI=1S/C20H34N2O3/c1-15(10-11-21)18(19(24)25-20(2,3)4)13-22-17(14-23)12-16-8-6-5-7-9-16/h5-9,15,17-18,22-23H,10-14,21H2,1-4H3. The van der Waals surface area contributed by atoms with E-state index in [0.717, 1.165) is 12.0 Å². The number of benzene rings is 1. The van der Waals surface area contributed by atoms with Crippen LogP contribution in [0.5, 0.6) is 0 Å². The van der Waals surface area contributed by atoms with Gasteiger partial charge in [0, 0.05) is 12.6 Å². The molecule has 0 fully saturated rings. The fraction of sp³-hybridized carbons (Fsp3) is 0.650. The summed E-state index contributed by atoms with van der Waals surface area (Å²) in [6.45, 7) is 8.65. The number of carbonyl (C=O) groups excluding carboxylic acids is 1. The van der Waals surface area contributed by atoms with Gasteiger partial charge in [0.25, 0.3) is 0 Å². The molecule has 0 bridgehead atoms. The van der Waals surface area contributed by atoms with Gasteiger partial charge in [-0.1, -0.05) is 37.3 Å². The molecule has 0 aliphatic rings. The molecule has 0 radical (unpaired) electrons. The fourth-order valence-electron chi connectivity index (χ4n) is 2.75. The number of hydrogen-bond acceptors (Lipinski definition) is 5. The zero-order chi connectivity index (χ0) is 18.9. The summed E-state index contributed by atoms with van der Waals surface area (Å²) in [7, 11) is 0. The van der Waals surface area contributed by atoms with Gasteiger partial charge in [-0.05, 0) is 51.6 Å². The third kappa shape index (κ3) is 8.47. The first-order valence-corrected chi connectivity index (χ1v) is 9.08. The highest BCUT2D eigenvalue weighted by atomic mass is 16.6. The second kappa shape index (κ2) is 10.5. The normalized spacial score (nSPS) is 15.4. The van der Waals surface area contributed by atoms with E-state index in [-0.39, 0.29) is 30.5 Å². The van der Waals surface area contributed by atoms with Crippen LogP contribution in [0.25, 0.3) is 0 Å². The van der Waals surface area contributed by atoms with Gasteiger partial charge < -0.3 is 20.9 Å². The van der Waals surface area contributed by atoms with Crippen molar-refractivity contribution in [2.75, 3.05) is 19.7 Å². The topological polar surface area (TPSA) is 84.6 Å². The van der Waals surface area contributed by atoms with Gasteiger partial charge in [0.2, 0.25) is 0 Å². The Morgan fingerprint density at radius 3 is 2.44 bits per heavy atom. The Morgan fingerprint density at radius 1 is 1.28 bits per heavy atom. The highest BCUT2D eigenvalue weighted by Gasteiger charge is 2.29. The summed E-state index contributed by atoms with van der Waals surface area (Å²) in [4.78, 5) is 12.6. The zero-order valence-corrected chi connectivity index (χ0v) is 16.0. The van der Waals surface area contributed by atoms with E-state index in [1.165, 1.54) is 0 Å². The van der Waals surface area contributed by atoms with Crippen LogP contribution in [-0.4, -0.2) is 42.4 Å². The highest BCUT2D eigenvalue weighted by molar-refractivity contribution is 5.73. The molecule has 1 aromatic carbocycles. The summed E-state index contributed by atoms with van der Waals surface area (Å²) in [5.74, 6) is -0.381. The quantitative estimate of drug-likeness (QED) is 0.563. The number of hydrogen-bond donors (Lipinski definition) is 3. The number of ether oxygens (including phenoxy) is 1. The van der Waals surface area contributed by atoms with Crippen LogP contribution < -0.4 is 11.1 Å². The first-order chi connectivity index (χ1) is 11.8. The van der Waals surface area contributed by atoms with E-state index >= 15 is 0 Å². The third-order valence-corrected chi connectivity index (χ3v) is 4.19. The number of carbonyl (C=O) groups is 1. The first-order valence-electron chi connectivity index (χ1n) is 9.08. The number of aliphatic hydroxyl groups excluding tert-OH is 1. The lowest BCUT2D eigenvalue weighted by atomic mass is 9.90. The number of nitrogens with one attached hydrogen (secondary N) is 1. The van der Waals surface area contributed by atoms with E-state index in [1.807, 2.05) is 58.0 Å². The molecule has 0 aromatic heterocycles. The molecule has 3 unspecified atom stereocenters. The molecule has 142 valence electrons. The van der Waals surface area contributed by atoms with Crippen LogP contribution in [0, 0.1) is 11.8 Å². The summed E-state index contributed by atoms with van der Waals surface area (Å²) in [5, 5.41) is 13.0. The predicted octanol–water partition coefficient (Wildman–Crippen LogP) is 2.12. The maximum absolute atomic E-state index is 12.6. The molecule has 0 amide bonds. The van der Waals surface area contributed by atoms with Gasteiger partial charge in [0.1, 0.15) is 5.60 Å². The largest absolute Gasteiger partial charge is 0.460 e.